The van der Waals surface area contributed by atoms with Crippen LogP contribution in [-0.2, 0) is 0 Å². The fraction of sp³-hybridized carbons (Fsp3) is 0.214. The molecule has 5 heteroatoms. The molecular weight excluding hydrogens is 328 g/mol. The number of halogens is 2. The molecule has 1 N–H and O–H groups in total. The van der Waals surface area contributed by atoms with Crippen LogP contribution in [0.3, 0.4) is 0 Å². The molecule has 0 saturated heterocycles. The maximum absolute atomic E-state index is 6.02. The van der Waals surface area contributed by atoms with Gasteiger partial charge in [-0.2, -0.15) is 0 Å². The van der Waals surface area contributed by atoms with Gasteiger partial charge in [-0.3, -0.25) is 4.98 Å². The molecule has 0 aliphatic carbocycles. The Bertz CT molecular complexity index is 577. The minimum Gasteiger partial charge on any atom is -0.495 e. The van der Waals surface area contributed by atoms with Crippen LogP contribution < -0.4 is 10.1 Å². The molecule has 0 spiro atoms. The maximum atomic E-state index is 6.02. The Morgan fingerprint density at radius 3 is 2.68 bits per heavy atom. The third kappa shape index (κ3) is 3.26. The first kappa shape index (κ1) is 14.3. The number of nitrogens with zero attached hydrogens (tertiary/aromatic N) is 1. The first-order chi connectivity index (χ1) is 9.15. The summed E-state index contributed by atoms with van der Waals surface area (Å²) in [5.74, 6) is 0.741. The number of rotatable bonds is 4. The van der Waals surface area contributed by atoms with Crippen molar-refractivity contribution >= 4 is 27.5 Å². The molecule has 1 heterocycles. The van der Waals surface area contributed by atoms with Crippen LogP contribution in [0.15, 0.2) is 41.1 Å². The quantitative estimate of drug-likeness (QED) is 0.918. The van der Waals surface area contributed by atoms with Crippen molar-refractivity contribution in [1.82, 2.24) is 10.3 Å². The zero-order valence-electron chi connectivity index (χ0n) is 10.7. The van der Waals surface area contributed by atoms with Gasteiger partial charge >= 0.3 is 0 Å². The number of hydrogen-bond donors (Lipinski definition) is 1. The molecule has 3 nitrogen and oxygen atoms in total. The number of benzene rings is 1. The zero-order chi connectivity index (χ0) is 13.8. The van der Waals surface area contributed by atoms with Gasteiger partial charge in [0, 0.05) is 10.7 Å². The molecule has 1 aromatic heterocycles. The molecule has 1 aromatic carbocycles. The molecule has 0 radical (unpaired) electrons. The van der Waals surface area contributed by atoms with Gasteiger partial charge in [0.15, 0.2) is 0 Å². The lowest BCUT2D eigenvalue weighted by molar-refractivity contribution is 0.411. The van der Waals surface area contributed by atoms with Crippen LogP contribution in [0.1, 0.15) is 17.2 Å². The van der Waals surface area contributed by atoms with E-state index in [2.05, 4.69) is 26.2 Å². The summed E-state index contributed by atoms with van der Waals surface area (Å²) in [7, 11) is 3.54. The first-order valence-corrected chi connectivity index (χ1v) is 6.94. The summed E-state index contributed by atoms with van der Waals surface area (Å²) in [6, 6.07) is 7.88. The van der Waals surface area contributed by atoms with Crippen molar-refractivity contribution in [3.63, 3.8) is 0 Å². The lowest BCUT2D eigenvalue weighted by Crippen LogP contribution is -2.17. The van der Waals surface area contributed by atoms with Gasteiger partial charge in [0.25, 0.3) is 0 Å². The van der Waals surface area contributed by atoms with E-state index in [-0.39, 0.29) is 6.04 Å². The second-order valence-corrected chi connectivity index (χ2v) is 5.31. The number of pyridine rings is 1. The Hall–Kier alpha value is -1.10. The number of ether oxygens (including phenoxy) is 1. The summed E-state index contributed by atoms with van der Waals surface area (Å²) in [6.07, 6.45) is 3.51. The molecule has 2 rings (SSSR count). The highest BCUT2D eigenvalue weighted by Gasteiger charge is 2.14. The van der Waals surface area contributed by atoms with E-state index >= 15 is 0 Å². The molecular formula is C14H14BrClN2O. The van der Waals surface area contributed by atoms with Crippen molar-refractivity contribution in [3.8, 4) is 5.75 Å². The van der Waals surface area contributed by atoms with Gasteiger partial charge in [0.05, 0.1) is 24.4 Å². The minimum absolute atomic E-state index is 0.0381. The second-order valence-electron chi connectivity index (χ2n) is 4.05. The fourth-order valence-corrected chi connectivity index (χ4v) is 2.44. The first-order valence-electron chi connectivity index (χ1n) is 5.77. The predicted octanol–water partition coefficient (Wildman–Crippen LogP) is 3.81. The summed E-state index contributed by atoms with van der Waals surface area (Å²) >= 11 is 9.47. The molecule has 0 aliphatic heterocycles. The molecule has 0 aliphatic rings. The second kappa shape index (κ2) is 6.37. The molecule has 1 atom stereocenters. The topological polar surface area (TPSA) is 34.2 Å². The van der Waals surface area contributed by atoms with Crippen LogP contribution in [0.4, 0.5) is 0 Å². The van der Waals surface area contributed by atoms with Crippen LogP contribution in [0, 0.1) is 0 Å². The number of nitrogens with one attached hydrogen (secondary N) is 1. The van der Waals surface area contributed by atoms with Crippen LogP contribution in [0.25, 0.3) is 0 Å². The third-order valence-corrected chi connectivity index (χ3v) is 4.08. The van der Waals surface area contributed by atoms with Crippen molar-refractivity contribution in [1.29, 1.82) is 0 Å². The van der Waals surface area contributed by atoms with E-state index in [0.717, 1.165) is 21.3 Å². The van der Waals surface area contributed by atoms with Crippen molar-refractivity contribution in [2.75, 3.05) is 14.2 Å². The van der Waals surface area contributed by atoms with E-state index in [1.807, 2.05) is 37.5 Å². The molecule has 0 fully saturated rings. The van der Waals surface area contributed by atoms with Gasteiger partial charge in [0.2, 0.25) is 0 Å². The molecule has 0 bridgehead atoms. The van der Waals surface area contributed by atoms with E-state index in [1.165, 1.54) is 0 Å². The van der Waals surface area contributed by atoms with Crippen molar-refractivity contribution < 1.29 is 4.74 Å². The smallest absolute Gasteiger partial charge is 0.137 e. The Balaban J connectivity index is 2.40. The van der Waals surface area contributed by atoms with Gasteiger partial charge in [-0.05, 0) is 52.3 Å². The van der Waals surface area contributed by atoms with Gasteiger partial charge < -0.3 is 10.1 Å². The zero-order valence-corrected chi connectivity index (χ0v) is 13.0. The lowest BCUT2D eigenvalue weighted by atomic mass is 10.0. The summed E-state index contributed by atoms with van der Waals surface area (Å²) in [5.41, 5.74) is 2.14. The van der Waals surface area contributed by atoms with Crippen LogP contribution >= 0.6 is 27.5 Å². The average Bonchev–Trinajstić information content (AvgIpc) is 2.44. The largest absolute Gasteiger partial charge is 0.495 e. The SMILES string of the molecule is CNC(c1cncc(OC)c1)c1ccc(Cl)c(Br)c1. The van der Waals surface area contributed by atoms with E-state index < -0.39 is 0 Å². The molecule has 0 amide bonds. The third-order valence-electron chi connectivity index (χ3n) is 2.87. The van der Waals surface area contributed by atoms with E-state index in [9.17, 15) is 0 Å². The highest BCUT2D eigenvalue weighted by Crippen LogP contribution is 2.29. The van der Waals surface area contributed by atoms with Crippen molar-refractivity contribution in [2.45, 2.75) is 6.04 Å². The Morgan fingerprint density at radius 1 is 1.26 bits per heavy atom. The molecule has 2 aromatic rings. The molecule has 100 valence electrons. The Kier molecular flexibility index (Phi) is 4.80. The van der Waals surface area contributed by atoms with E-state index in [1.54, 1.807) is 13.3 Å². The van der Waals surface area contributed by atoms with Gasteiger partial charge in [-0.15, -0.1) is 0 Å². The highest BCUT2D eigenvalue weighted by atomic mass is 79.9. The molecule has 1 unspecified atom stereocenters. The molecule has 0 saturated carbocycles. The maximum Gasteiger partial charge on any atom is 0.137 e. The normalized spacial score (nSPS) is 12.2. The van der Waals surface area contributed by atoms with Crippen LogP contribution in [0.2, 0.25) is 5.02 Å². The summed E-state index contributed by atoms with van der Waals surface area (Å²) in [4.78, 5) is 4.19. The van der Waals surface area contributed by atoms with Crippen molar-refractivity contribution in [3.05, 3.63) is 57.3 Å². The minimum atomic E-state index is 0.0381. The number of aromatic nitrogens is 1. The lowest BCUT2D eigenvalue weighted by Gasteiger charge is -2.18. The van der Waals surface area contributed by atoms with Crippen LogP contribution in [0.5, 0.6) is 5.75 Å². The Labute approximate surface area is 126 Å². The molecule has 19 heavy (non-hydrogen) atoms. The van der Waals surface area contributed by atoms with E-state index in [0.29, 0.717) is 5.02 Å². The average molecular weight is 342 g/mol. The predicted molar refractivity (Wildman–Crippen MR) is 80.8 cm³/mol. The summed E-state index contributed by atoms with van der Waals surface area (Å²) < 4.78 is 6.09. The van der Waals surface area contributed by atoms with Gasteiger partial charge in [-0.1, -0.05) is 17.7 Å². The monoisotopic (exact) mass is 340 g/mol. The summed E-state index contributed by atoms with van der Waals surface area (Å²) in [6.45, 7) is 0. The number of methoxy groups -OCH3 is 1. The number of hydrogen-bond acceptors (Lipinski definition) is 3. The van der Waals surface area contributed by atoms with Gasteiger partial charge in [0.1, 0.15) is 5.75 Å². The standard InChI is InChI=1S/C14H14BrClN2O/c1-17-14(9-3-4-13(16)12(15)6-9)10-5-11(19-2)8-18-7-10/h3-8,14,17H,1-2H3. The summed E-state index contributed by atoms with van der Waals surface area (Å²) in [5, 5.41) is 3.97. The van der Waals surface area contributed by atoms with Gasteiger partial charge in [-0.25, -0.2) is 0 Å². The van der Waals surface area contributed by atoms with Crippen molar-refractivity contribution in [2.24, 2.45) is 0 Å². The van der Waals surface area contributed by atoms with E-state index in [4.69, 9.17) is 16.3 Å². The Morgan fingerprint density at radius 2 is 2.05 bits per heavy atom. The fourth-order valence-electron chi connectivity index (χ4n) is 1.92. The highest BCUT2D eigenvalue weighted by molar-refractivity contribution is 9.10. The van der Waals surface area contributed by atoms with Crippen LogP contribution in [-0.4, -0.2) is 19.1 Å².